The number of rotatable bonds is 23. The van der Waals surface area contributed by atoms with Gasteiger partial charge >= 0.3 is 5.97 Å². The Bertz CT molecular complexity index is 1710. The van der Waals surface area contributed by atoms with Crippen molar-refractivity contribution in [1.82, 2.24) is 26.0 Å². The van der Waals surface area contributed by atoms with E-state index in [4.69, 9.17) is 9.47 Å². The van der Waals surface area contributed by atoms with Crippen molar-refractivity contribution in [2.75, 3.05) is 39.9 Å². The van der Waals surface area contributed by atoms with E-state index in [1.54, 1.807) is 56.2 Å². The number of hydrazine groups is 1. The molecule has 1 aromatic rings. The number of likely N-dealkylation sites (N-methyl/N-ethyl adjacent to an activating group) is 1. The van der Waals surface area contributed by atoms with Gasteiger partial charge in [0, 0.05) is 56.8 Å². The highest BCUT2D eigenvalue weighted by Gasteiger charge is 2.35. The molecule has 336 valence electrons. The zero-order valence-corrected chi connectivity index (χ0v) is 36.5. The molecule has 0 saturated carbocycles. The van der Waals surface area contributed by atoms with Crippen molar-refractivity contribution < 1.29 is 48.5 Å². The Morgan fingerprint density at radius 3 is 2.34 bits per heavy atom. The van der Waals surface area contributed by atoms with Gasteiger partial charge in [-0.2, -0.15) is 0 Å². The van der Waals surface area contributed by atoms with Gasteiger partial charge in [0.05, 0.1) is 31.5 Å². The number of allylic oxidation sites excluding steroid dienone is 4. The van der Waals surface area contributed by atoms with Gasteiger partial charge in [0.1, 0.15) is 30.3 Å². The van der Waals surface area contributed by atoms with E-state index in [2.05, 4.69) is 16.1 Å². The fourth-order valence-corrected chi connectivity index (χ4v) is 7.12. The molecule has 2 aliphatic heterocycles. The van der Waals surface area contributed by atoms with Crippen LogP contribution in [0.1, 0.15) is 72.3 Å². The maximum atomic E-state index is 14.1. The van der Waals surface area contributed by atoms with Crippen LogP contribution in [0.25, 0.3) is 0 Å². The highest BCUT2D eigenvalue weighted by molar-refractivity contribution is 5.90. The molecule has 2 fully saturated rings. The lowest BCUT2D eigenvalue weighted by atomic mass is 9.86. The van der Waals surface area contributed by atoms with Crippen molar-refractivity contribution >= 4 is 35.8 Å². The minimum Gasteiger partial charge on any atom is -0.456 e. The standard InChI is InChI=1S/C46H67N5O10/c1-31(2)42(47-6)44(57)48-38(29-35-16-9-7-10-17-35)45(58)51-24-14-18-37(49-51)46(59)61-40(32(3)15-13-21-41(55)50-25-27-60-28-26-50)20-12-8-11-19-39(54)34(5)43(56)36(30-52)23-22-33(4)53/h7-13,15-17,19,21,30-31,34,36-40,42-43,47,49,54,56H,14,18,20,22-29H2,1-6H3,(H,48,57)/b12-8+,19-11+,21-13+,32-15+/t34?,36?,37?,38?,39-,40-,42?,43?/m0/s1. The highest BCUT2D eigenvalue weighted by atomic mass is 16.5. The van der Waals surface area contributed by atoms with Crippen molar-refractivity contribution in [1.29, 1.82) is 0 Å². The minimum absolute atomic E-state index is 0.0246. The van der Waals surface area contributed by atoms with Crippen molar-refractivity contribution in [3.8, 4) is 0 Å². The molecule has 0 aliphatic carbocycles. The smallest absolute Gasteiger partial charge is 0.325 e. The van der Waals surface area contributed by atoms with E-state index in [9.17, 15) is 39.0 Å². The van der Waals surface area contributed by atoms with Crippen LogP contribution in [0.15, 0.2) is 78.4 Å². The Hall–Kier alpha value is -4.80. The number of Topliss-reactive ketones (excluding diaryl/α,β-unsaturated/α-hetero) is 1. The van der Waals surface area contributed by atoms with Gasteiger partial charge in [0.15, 0.2) is 0 Å². The van der Waals surface area contributed by atoms with E-state index in [0.717, 1.165) is 5.56 Å². The van der Waals surface area contributed by atoms with E-state index in [-0.39, 0.29) is 55.1 Å². The number of carbonyl (C=O) groups is 6. The molecule has 2 heterocycles. The van der Waals surface area contributed by atoms with E-state index in [1.807, 2.05) is 44.2 Å². The fraction of sp³-hybridized carbons (Fsp3) is 0.565. The van der Waals surface area contributed by atoms with Gasteiger partial charge in [-0.1, -0.05) is 87.6 Å². The SMILES string of the molecule is CNC(C(=O)NC(Cc1ccccc1)C(=O)N1CCCC(C(=O)O[C@@H](C/C=C/C=C/[C@H](O)C(C)C(O)C(C=O)CCC(C)=O)/C(C)=C/C=C/C(=O)N2CCOCC2)N1)C(C)C. The summed E-state index contributed by atoms with van der Waals surface area (Å²) < 4.78 is 11.4. The lowest BCUT2D eigenvalue weighted by Crippen LogP contribution is -2.61. The Kier molecular flexibility index (Phi) is 22.0. The molecule has 3 amide bonds. The molecular formula is C46H67N5O10. The Morgan fingerprint density at radius 1 is 1.00 bits per heavy atom. The first-order chi connectivity index (χ1) is 29.2. The largest absolute Gasteiger partial charge is 0.456 e. The zero-order chi connectivity index (χ0) is 44.9. The molecule has 0 radical (unpaired) electrons. The van der Waals surface area contributed by atoms with Crippen LogP contribution in [0.3, 0.4) is 0 Å². The number of hydrogen-bond acceptors (Lipinski definition) is 12. The summed E-state index contributed by atoms with van der Waals surface area (Å²) in [6, 6.07) is 7.11. The fourth-order valence-electron chi connectivity index (χ4n) is 7.12. The molecule has 8 atom stereocenters. The van der Waals surface area contributed by atoms with Crippen LogP contribution in [-0.4, -0.2) is 132 Å². The van der Waals surface area contributed by atoms with Crippen LogP contribution in [0.5, 0.6) is 0 Å². The van der Waals surface area contributed by atoms with Gasteiger partial charge < -0.3 is 44.8 Å². The second-order valence-electron chi connectivity index (χ2n) is 16.1. The molecule has 0 bridgehead atoms. The first-order valence-electron chi connectivity index (χ1n) is 21.3. The topological polar surface area (TPSA) is 204 Å². The van der Waals surface area contributed by atoms with Gasteiger partial charge in [-0.25, -0.2) is 5.43 Å². The van der Waals surface area contributed by atoms with Crippen LogP contribution in [-0.2, 0) is 44.7 Å². The molecule has 61 heavy (non-hydrogen) atoms. The van der Waals surface area contributed by atoms with E-state index in [1.165, 1.54) is 24.1 Å². The number of hydrogen-bond donors (Lipinski definition) is 5. The number of benzene rings is 1. The number of amides is 3. The van der Waals surface area contributed by atoms with Crippen molar-refractivity contribution in [3.05, 3.63) is 84.0 Å². The van der Waals surface area contributed by atoms with Gasteiger partial charge in [-0.05, 0) is 57.2 Å². The molecule has 0 aromatic heterocycles. The van der Waals surface area contributed by atoms with Crippen LogP contribution in [0.2, 0.25) is 0 Å². The molecule has 6 unspecified atom stereocenters. The van der Waals surface area contributed by atoms with Crippen LogP contribution in [0.4, 0.5) is 0 Å². The van der Waals surface area contributed by atoms with E-state index < -0.39 is 54.2 Å². The quantitative estimate of drug-likeness (QED) is 0.0467. The van der Waals surface area contributed by atoms with Gasteiger partial charge in [-0.3, -0.25) is 24.2 Å². The normalized spacial score (nSPS) is 20.0. The molecular weight excluding hydrogens is 783 g/mol. The number of aldehydes is 1. The maximum Gasteiger partial charge on any atom is 0.325 e. The summed E-state index contributed by atoms with van der Waals surface area (Å²) in [6.45, 7) is 10.9. The molecule has 15 nitrogen and oxygen atoms in total. The highest BCUT2D eigenvalue weighted by Crippen LogP contribution is 2.21. The molecule has 15 heteroatoms. The van der Waals surface area contributed by atoms with Crippen molar-refractivity contribution in [2.24, 2.45) is 17.8 Å². The Balaban J connectivity index is 1.76. The zero-order valence-electron chi connectivity index (χ0n) is 36.5. The molecule has 1 aromatic carbocycles. The summed E-state index contributed by atoms with van der Waals surface area (Å²) in [5.41, 5.74) is 4.57. The lowest BCUT2D eigenvalue weighted by molar-refractivity contribution is -0.156. The average Bonchev–Trinajstić information content (AvgIpc) is 3.25. The first-order valence-corrected chi connectivity index (χ1v) is 21.3. The Morgan fingerprint density at radius 2 is 1.70 bits per heavy atom. The number of ether oxygens (including phenoxy) is 2. The van der Waals surface area contributed by atoms with Crippen LogP contribution < -0.4 is 16.1 Å². The minimum atomic E-state index is -1.15. The molecule has 5 N–H and O–H groups in total. The number of aliphatic hydroxyl groups excluding tert-OH is 2. The Labute approximate surface area is 360 Å². The summed E-state index contributed by atoms with van der Waals surface area (Å²) in [4.78, 5) is 78.6. The predicted molar refractivity (Wildman–Crippen MR) is 231 cm³/mol. The number of carbonyl (C=O) groups excluding carboxylic acids is 6. The summed E-state index contributed by atoms with van der Waals surface area (Å²) in [6.07, 6.45) is 10.6. The summed E-state index contributed by atoms with van der Waals surface area (Å²) in [5, 5.41) is 28.8. The second-order valence-corrected chi connectivity index (χ2v) is 16.1. The summed E-state index contributed by atoms with van der Waals surface area (Å²) >= 11 is 0. The number of nitrogens with one attached hydrogen (secondary N) is 3. The van der Waals surface area contributed by atoms with Gasteiger partial charge in [0.2, 0.25) is 11.8 Å². The third-order valence-electron chi connectivity index (χ3n) is 11.0. The number of aliphatic hydroxyl groups is 2. The van der Waals surface area contributed by atoms with Crippen molar-refractivity contribution in [3.63, 3.8) is 0 Å². The number of ketones is 1. The van der Waals surface area contributed by atoms with E-state index in [0.29, 0.717) is 57.5 Å². The summed E-state index contributed by atoms with van der Waals surface area (Å²) in [5.74, 6) is -3.03. The third-order valence-corrected chi connectivity index (χ3v) is 11.0. The summed E-state index contributed by atoms with van der Waals surface area (Å²) in [7, 11) is 1.70. The predicted octanol–water partition coefficient (Wildman–Crippen LogP) is 2.77. The maximum absolute atomic E-state index is 14.1. The number of esters is 1. The van der Waals surface area contributed by atoms with Gasteiger partial charge in [-0.15, -0.1) is 0 Å². The van der Waals surface area contributed by atoms with E-state index >= 15 is 0 Å². The lowest BCUT2D eigenvalue weighted by Gasteiger charge is -2.36. The molecule has 3 rings (SSSR count). The molecule has 2 saturated heterocycles. The van der Waals surface area contributed by atoms with Crippen molar-refractivity contribution in [2.45, 2.75) is 110 Å². The first kappa shape index (κ1) is 50.6. The monoisotopic (exact) mass is 849 g/mol. The number of morpholine rings is 1. The average molecular weight is 850 g/mol. The molecule has 2 aliphatic rings. The van der Waals surface area contributed by atoms with Crippen LogP contribution >= 0.6 is 0 Å². The third kappa shape index (κ3) is 16.9. The number of nitrogens with zero attached hydrogens (tertiary/aromatic N) is 2. The van der Waals surface area contributed by atoms with Gasteiger partial charge in [0.25, 0.3) is 5.91 Å². The molecule has 0 spiro atoms. The van der Waals surface area contributed by atoms with Crippen LogP contribution in [0, 0.1) is 17.8 Å². The second kappa shape index (κ2) is 26.5.